The number of nitrogens with two attached hydrogens (primary N) is 1. The average molecular weight is 282 g/mol. The lowest BCUT2D eigenvalue weighted by molar-refractivity contribution is -0.141. The molecule has 2 amide bonds. The van der Waals surface area contributed by atoms with Crippen LogP contribution in [0, 0.1) is 23.7 Å². The number of nitrogens with zero attached hydrogens (tertiary/aromatic N) is 1. The van der Waals surface area contributed by atoms with E-state index in [0.717, 1.165) is 30.4 Å². The Balaban J connectivity index is 1.84. The smallest absolute Gasteiger partial charge is 0.233 e. The minimum Gasteiger partial charge on any atom is -0.320 e. The largest absolute Gasteiger partial charge is 0.320 e. The van der Waals surface area contributed by atoms with E-state index in [9.17, 15) is 9.59 Å². The van der Waals surface area contributed by atoms with Crippen molar-refractivity contribution in [1.29, 1.82) is 0 Å². The fourth-order valence-corrected chi connectivity index (χ4v) is 3.31. The van der Waals surface area contributed by atoms with Crippen molar-refractivity contribution < 1.29 is 9.59 Å². The van der Waals surface area contributed by atoms with E-state index in [1.54, 1.807) is 0 Å². The highest BCUT2D eigenvalue weighted by molar-refractivity contribution is 6.05. The highest BCUT2D eigenvalue weighted by Crippen LogP contribution is 2.40. The van der Waals surface area contributed by atoms with Gasteiger partial charge in [-0.15, -0.1) is 0 Å². The Labute approximate surface area is 124 Å². The van der Waals surface area contributed by atoms with Crippen LogP contribution >= 0.6 is 0 Å². The monoisotopic (exact) mass is 282 g/mol. The van der Waals surface area contributed by atoms with E-state index in [1.165, 1.54) is 4.90 Å². The summed E-state index contributed by atoms with van der Waals surface area (Å²) in [7, 11) is 0. The standard InChI is InChI=1S/C17H18N2O2/c18-10-4-7-12-5-1-2-6-13(12)11-19-16(20)14-8-3-9-15(14)17(19)21/h1-2,5-6,14-15H,3,8-11,18H2. The zero-order valence-corrected chi connectivity index (χ0v) is 11.8. The molecule has 108 valence electrons. The number of fused-ring (bicyclic) bond motifs is 1. The molecule has 3 rings (SSSR count). The van der Waals surface area contributed by atoms with E-state index < -0.39 is 0 Å². The Kier molecular flexibility index (Phi) is 3.76. The molecule has 0 radical (unpaired) electrons. The van der Waals surface area contributed by atoms with Crippen LogP contribution in [-0.4, -0.2) is 23.3 Å². The lowest BCUT2D eigenvalue weighted by Gasteiger charge is -2.16. The Bertz CT molecular complexity index is 620. The zero-order chi connectivity index (χ0) is 14.8. The molecular weight excluding hydrogens is 264 g/mol. The molecule has 0 spiro atoms. The minimum atomic E-state index is -0.0835. The van der Waals surface area contributed by atoms with Crippen LogP contribution in [0.2, 0.25) is 0 Å². The van der Waals surface area contributed by atoms with Crippen LogP contribution in [0.25, 0.3) is 0 Å². The first-order valence-corrected chi connectivity index (χ1v) is 7.34. The molecule has 1 aromatic carbocycles. The van der Waals surface area contributed by atoms with E-state index in [1.807, 2.05) is 24.3 Å². The van der Waals surface area contributed by atoms with Crippen molar-refractivity contribution in [1.82, 2.24) is 4.90 Å². The molecule has 2 N–H and O–H groups in total. The molecule has 2 fully saturated rings. The molecule has 2 aliphatic rings. The van der Waals surface area contributed by atoms with Gasteiger partial charge in [0, 0.05) is 5.56 Å². The molecular formula is C17H18N2O2. The van der Waals surface area contributed by atoms with E-state index in [-0.39, 0.29) is 23.7 Å². The third kappa shape index (κ3) is 2.45. The number of benzene rings is 1. The third-order valence-corrected chi connectivity index (χ3v) is 4.35. The fraction of sp³-hybridized carbons (Fsp3) is 0.412. The maximum Gasteiger partial charge on any atom is 0.233 e. The molecule has 1 heterocycles. The van der Waals surface area contributed by atoms with Crippen molar-refractivity contribution >= 4 is 11.8 Å². The molecule has 4 heteroatoms. The van der Waals surface area contributed by atoms with Gasteiger partial charge in [0.15, 0.2) is 0 Å². The van der Waals surface area contributed by atoms with Gasteiger partial charge in [-0.2, -0.15) is 0 Å². The van der Waals surface area contributed by atoms with E-state index in [4.69, 9.17) is 5.73 Å². The van der Waals surface area contributed by atoms with Crippen molar-refractivity contribution in [2.75, 3.05) is 6.54 Å². The van der Waals surface area contributed by atoms with Gasteiger partial charge in [0.05, 0.1) is 24.9 Å². The Morgan fingerprint density at radius 1 is 1.14 bits per heavy atom. The Hall–Kier alpha value is -2.12. The molecule has 1 saturated heterocycles. The summed E-state index contributed by atoms with van der Waals surface area (Å²) >= 11 is 0. The van der Waals surface area contributed by atoms with Crippen LogP contribution in [-0.2, 0) is 16.1 Å². The second kappa shape index (κ2) is 5.71. The van der Waals surface area contributed by atoms with Gasteiger partial charge in [0.2, 0.25) is 11.8 Å². The maximum absolute atomic E-state index is 12.4. The van der Waals surface area contributed by atoms with Gasteiger partial charge in [-0.1, -0.05) is 36.5 Å². The van der Waals surface area contributed by atoms with Crippen LogP contribution < -0.4 is 5.73 Å². The van der Waals surface area contributed by atoms with Gasteiger partial charge < -0.3 is 5.73 Å². The molecule has 2 atom stereocenters. The van der Waals surface area contributed by atoms with Gasteiger partial charge in [0.1, 0.15) is 0 Å². The number of amides is 2. The summed E-state index contributed by atoms with van der Waals surface area (Å²) < 4.78 is 0. The molecule has 21 heavy (non-hydrogen) atoms. The molecule has 0 bridgehead atoms. The van der Waals surface area contributed by atoms with Crippen LogP contribution in [0.3, 0.4) is 0 Å². The predicted molar refractivity (Wildman–Crippen MR) is 78.8 cm³/mol. The summed E-state index contributed by atoms with van der Waals surface area (Å²) in [5.74, 6) is 5.64. The molecule has 1 aromatic rings. The highest BCUT2D eigenvalue weighted by atomic mass is 16.2. The summed E-state index contributed by atoms with van der Waals surface area (Å²) in [4.78, 5) is 26.2. The van der Waals surface area contributed by atoms with Crippen molar-refractivity contribution in [2.24, 2.45) is 17.6 Å². The number of imide groups is 1. The summed E-state index contributed by atoms with van der Waals surface area (Å²) in [6, 6.07) is 7.60. The summed E-state index contributed by atoms with van der Waals surface area (Å²) in [6.07, 6.45) is 2.68. The fourth-order valence-electron chi connectivity index (χ4n) is 3.31. The summed E-state index contributed by atoms with van der Waals surface area (Å²) in [5.41, 5.74) is 7.14. The number of carbonyl (C=O) groups excluding carboxylic acids is 2. The molecule has 2 unspecified atom stereocenters. The van der Waals surface area contributed by atoms with Crippen molar-refractivity contribution in [3.8, 4) is 11.8 Å². The molecule has 0 aromatic heterocycles. The number of hydrogen-bond donors (Lipinski definition) is 1. The van der Waals surface area contributed by atoms with Gasteiger partial charge in [-0.05, 0) is 24.5 Å². The first-order chi connectivity index (χ1) is 10.2. The molecule has 4 nitrogen and oxygen atoms in total. The van der Waals surface area contributed by atoms with Crippen molar-refractivity contribution in [3.63, 3.8) is 0 Å². The van der Waals surface area contributed by atoms with Crippen molar-refractivity contribution in [2.45, 2.75) is 25.8 Å². The topological polar surface area (TPSA) is 63.4 Å². The predicted octanol–water partition coefficient (Wildman–Crippen LogP) is 1.28. The van der Waals surface area contributed by atoms with E-state index in [0.29, 0.717) is 13.1 Å². The first-order valence-electron chi connectivity index (χ1n) is 7.34. The Morgan fingerprint density at radius 3 is 2.48 bits per heavy atom. The number of likely N-dealkylation sites (tertiary alicyclic amines) is 1. The summed E-state index contributed by atoms with van der Waals surface area (Å²) in [5, 5.41) is 0. The van der Waals surface area contributed by atoms with E-state index in [2.05, 4.69) is 11.8 Å². The normalized spacial score (nSPS) is 24.0. The van der Waals surface area contributed by atoms with Crippen LogP contribution in [0.5, 0.6) is 0 Å². The van der Waals surface area contributed by atoms with Crippen LogP contribution in [0.1, 0.15) is 30.4 Å². The highest BCUT2D eigenvalue weighted by Gasteiger charge is 2.49. The Morgan fingerprint density at radius 2 is 1.81 bits per heavy atom. The van der Waals surface area contributed by atoms with Crippen LogP contribution in [0.15, 0.2) is 24.3 Å². The second-order valence-corrected chi connectivity index (χ2v) is 5.57. The number of carbonyl (C=O) groups is 2. The van der Waals surface area contributed by atoms with Gasteiger partial charge in [0.25, 0.3) is 0 Å². The second-order valence-electron chi connectivity index (χ2n) is 5.57. The lowest BCUT2D eigenvalue weighted by Crippen LogP contribution is -2.31. The quantitative estimate of drug-likeness (QED) is 0.656. The minimum absolute atomic E-state index is 0.0101. The molecule has 1 saturated carbocycles. The molecule has 1 aliphatic carbocycles. The first kappa shape index (κ1) is 13.8. The zero-order valence-electron chi connectivity index (χ0n) is 11.8. The van der Waals surface area contributed by atoms with Gasteiger partial charge >= 0.3 is 0 Å². The summed E-state index contributed by atoms with van der Waals surface area (Å²) in [6.45, 7) is 0.611. The van der Waals surface area contributed by atoms with Gasteiger partial charge in [-0.3, -0.25) is 14.5 Å². The maximum atomic E-state index is 12.4. The van der Waals surface area contributed by atoms with Crippen molar-refractivity contribution in [3.05, 3.63) is 35.4 Å². The van der Waals surface area contributed by atoms with Crippen LogP contribution in [0.4, 0.5) is 0 Å². The van der Waals surface area contributed by atoms with E-state index >= 15 is 0 Å². The SMILES string of the molecule is NCC#Cc1ccccc1CN1C(=O)C2CCCC2C1=O. The molecule has 1 aliphatic heterocycles. The average Bonchev–Trinajstić information content (AvgIpc) is 3.06. The lowest BCUT2D eigenvalue weighted by atomic mass is 10.00. The number of rotatable bonds is 2. The number of hydrogen-bond acceptors (Lipinski definition) is 3. The third-order valence-electron chi connectivity index (χ3n) is 4.35. The van der Waals surface area contributed by atoms with Gasteiger partial charge in [-0.25, -0.2) is 0 Å².